The predicted octanol–water partition coefficient (Wildman–Crippen LogP) is 3.23. The van der Waals surface area contributed by atoms with Crippen molar-refractivity contribution in [2.75, 3.05) is 22.2 Å². The van der Waals surface area contributed by atoms with E-state index in [1.165, 1.54) is 30.3 Å². The molecule has 2 aromatic rings. The number of hydrazine groups is 1. The van der Waals surface area contributed by atoms with E-state index in [0.717, 1.165) is 17.1 Å². The third-order valence-electron chi connectivity index (χ3n) is 5.50. The van der Waals surface area contributed by atoms with Gasteiger partial charge in [0.05, 0.1) is 16.9 Å². The second-order valence-electron chi connectivity index (χ2n) is 8.01. The number of nitrogens with one attached hydrogen (secondary N) is 3. The van der Waals surface area contributed by atoms with Crippen LogP contribution < -0.4 is 21.1 Å². The molecule has 3 N–H and O–H groups in total. The number of hydrogen-bond donors (Lipinski definition) is 3. The van der Waals surface area contributed by atoms with Crippen LogP contribution in [-0.2, 0) is 25.3 Å². The van der Waals surface area contributed by atoms with Crippen LogP contribution in [0.15, 0.2) is 42.5 Å². The predicted molar refractivity (Wildman–Crippen MR) is 118 cm³/mol. The Labute approximate surface area is 197 Å². The molecule has 4 rings (SSSR count). The molecule has 2 aromatic carbocycles. The summed E-state index contributed by atoms with van der Waals surface area (Å²) in [7, 11) is 0. The summed E-state index contributed by atoms with van der Waals surface area (Å²) >= 11 is 0. The Kier molecular flexibility index (Phi) is 6.74. The largest absolute Gasteiger partial charge is 0.418 e. The standard InChI is InChI=1S/C23H21F3N4O5/c24-23(25,26)16-12-14(27-22(34)18-2-1-11-35-18)5-8-17(16)28-21(33)13-3-6-15(7-4-13)30-20(32)10-9-19(31)29-30/h3-8,12,18H,1-2,9-11H2,(H,27,34)(H,28,33)(H,29,31). The van der Waals surface area contributed by atoms with Crippen LogP contribution in [0.2, 0.25) is 0 Å². The molecule has 35 heavy (non-hydrogen) atoms. The summed E-state index contributed by atoms with van der Waals surface area (Å²) in [5.41, 5.74) is 1.06. The van der Waals surface area contributed by atoms with Crippen LogP contribution in [0.1, 0.15) is 41.6 Å². The van der Waals surface area contributed by atoms with Crippen LogP contribution in [0.3, 0.4) is 0 Å². The SMILES string of the molecule is O=C1CCC(=O)N(c2ccc(C(=O)Nc3ccc(NC(=O)C4CCCO4)cc3C(F)(F)F)cc2)N1. The topological polar surface area (TPSA) is 117 Å². The van der Waals surface area contributed by atoms with Gasteiger partial charge in [-0.25, -0.2) is 5.01 Å². The fourth-order valence-corrected chi connectivity index (χ4v) is 3.71. The number of nitrogens with zero attached hydrogens (tertiary/aromatic N) is 1. The van der Waals surface area contributed by atoms with Gasteiger partial charge in [-0.1, -0.05) is 0 Å². The van der Waals surface area contributed by atoms with Crippen LogP contribution in [0.25, 0.3) is 0 Å². The summed E-state index contributed by atoms with van der Waals surface area (Å²) in [4.78, 5) is 48.3. The number of hydrogen-bond acceptors (Lipinski definition) is 5. The number of ether oxygens (including phenoxy) is 1. The lowest BCUT2D eigenvalue weighted by Crippen LogP contribution is -2.50. The summed E-state index contributed by atoms with van der Waals surface area (Å²) in [6.45, 7) is 0.417. The number of anilines is 3. The average molecular weight is 490 g/mol. The normalized spacial score (nSPS) is 18.3. The van der Waals surface area contributed by atoms with Crippen LogP contribution in [0.4, 0.5) is 30.2 Å². The second-order valence-corrected chi connectivity index (χ2v) is 8.01. The molecule has 4 amide bonds. The zero-order chi connectivity index (χ0) is 25.2. The Morgan fingerprint density at radius 1 is 1.03 bits per heavy atom. The number of alkyl halides is 3. The van der Waals surface area contributed by atoms with E-state index in [4.69, 9.17) is 4.74 Å². The first-order valence-electron chi connectivity index (χ1n) is 10.8. The zero-order valence-corrected chi connectivity index (χ0v) is 18.3. The van der Waals surface area contributed by atoms with Gasteiger partial charge < -0.3 is 15.4 Å². The molecule has 2 heterocycles. The maximum Gasteiger partial charge on any atom is 0.418 e. The summed E-state index contributed by atoms with van der Waals surface area (Å²) < 4.78 is 46.3. The van der Waals surface area contributed by atoms with E-state index in [0.29, 0.717) is 25.1 Å². The third-order valence-corrected chi connectivity index (χ3v) is 5.50. The molecule has 0 radical (unpaired) electrons. The molecule has 2 saturated heterocycles. The molecule has 0 aliphatic carbocycles. The molecule has 2 fully saturated rings. The van der Waals surface area contributed by atoms with Crippen molar-refractivity contribution in [3.63, 3.8) is 0 Å². The van der Waals surface area contributed by atoms with E-state index in [-0.39, 0.29) is 35.9 Å². The molecule has 12 heteroatoms. The maximum atomic E-state index is 13.7. The minimum absolute atomic E-state index is 0.0356. The Morgan fingerprint density at radius 3 is 2.43 bits per heavy atom. The summed E-state index contributed by atoms with van der Waals surface area (Å²) in [5, 5.41) is 5.71. The third kappa shape index (κ3) is 5.60. The minimum Gasteiger partial charge on any atom is -0.368 e. The first-order valence-corrected chi connectivity index (χ1v) is 10.8. The monoisotopic (exact) mass is 490 g/mol. The number of rotatable bonds is 5. The highest BCUT2D eigenvalue weighted by Crippen LogP contribution is 2.37. The van der Waals surface area contributed by atoms with E-state index in [1.54, 1.807) is 0 Å². The van der Waals surface area contributed by atoms with Crippen molar-refractivity contribution in [3.8, 4) is 0 Å². The number of amides is 4. The Balaban J connectivity index is 1.49. The van der Waals surface area contributed by atoms with Crippen molar-refractivity contribution in [1.29, 1.82) is 0 Å². The highest BCUT2D eigenvalue weighted by Gasteiger charge is 2.35. The van der Waals surface area contributed by atoms with Gasteiger partial charge in [0.25, 0.3) is 11.8 Å². The highest BCUT2D eigenvalue weighted by molar-refractivity contribution is 6.06. The Bertz CT molecular complexity index is 1160. The van der Waals surface area contributed by atoms with E-state index >= 15 is 0 Å². The molecule has 2 aliphatic rings. The quantitative estimate of drug-likeness (QED) is 0.595. The van der Waals surface area contributed by atoms with Crippen molar-refractivity contribution < 1.29 is 37.1 Å². The van der Waals surface area contributed by atoms with Gasteiger partial charge in [0.2, 0.25) is 11.8 Å². The lowest BCUT2D eigenvalue weighted by atomic mass is 10.1. The van der Waals surface area contributed by atoms with Gasteiger partial charge in [0.15, 0.2) is 0 Å². The Morgan fingerprint density at radius 2 is 1.77 bits per heavy atom. The number of halogens is 3. The summed E-state index contributed by atoms with van der Waals surface area (Å²) in [6.07, 6.45) is -4.21. The molecule has 0 bridgehead atoms. The molecule has 0 spiro atoms. The van der Waals surface area contributed by atoms with Gasteiger partial charge in [-0.05, 0) is 55.3 Å². The lowest BCUT2D eigenvalue weighted by Gasteiger charge is -2.27. The fraction of sp³-hybridized carbons (Fsp3) is 0.304. The first-order chi connectivity index (χ1) is 16.6. The fourth-order valence-electron chi connectivity index (χ4n) is 3.71. The number of carbonyl (C=O) groups excluding carboxylic acids is 4. The number of carbonyl (C=O) groups is 4. The maximum absolute atomic E-state index is 13.7. The molecule has 1 atom stereocenters. The summed E-state index contributed by atoms with van der Waals surface area (Å²) in [5.74, 6) is -2.01. The van der Waals surface area contributed by atoms with Crippen molar-refractivity contribution in [2.24, 2.45) is 0 Å². The van der Waals surface area contributed by atoms with Gasteiger partial charge in [0.1, 0.15) is 6.10 Å². The van der Waals surface area contributed by atoms with Crippen LogP contribution >= 0.6 is 0 Å². The molecule has 2 aliphatic heterocycles. The van der Waals surface area contributed by atoms with E-state index in [1.807, 2.05) is 0 Å². The van der Waals surface area contributed by atoms with Crippen LogP contribution in [0.5, 0.6) is 0 Å². The molecule has 1 unspecified atom stereocenters. The molecular formula is C23H21F3N4O5. The smallest absolute Gasteiger partial charge is 0.368 e. The minimum atomic E-state index is -4.80. The average Bonchev–Trinajstić information content (AvgIpc) is 3.36. The second kappa shape index (κ2) is 9.74. The van der Waals surface area contributed by atoms with Crippen molar-refractivity contribution >= 4 is 40.7 Å². The van der Waals surface area contributed by atoms with Crippen molar-refractivity contribution in [1.82, 2.24) is 5.43 Å². The van der Waals surface area contributed by atoms with Gasteiger partial charge in [0, 0.05) is 30.7 Å². The molecule has 9 nitrogen and oxygen atoms in total. The molecule has 184 valence electrons. The molecule has 0 aromatic heterocycles. The van der Waals surface area contributed by atoms with E-state index < -0.39 is 35.3 Å². The van der Waals surface area contributed by atoms with Crippen molar-refractivity contribution in [3.05, 3.63) is 53.6 Å². The van der Waals surface area contributed by atoms with E-state index in [9.17, 15) is 32.3 Å². The highest BCUT2D eigenvalue weighted by atomic mass is 19.4. The zero-order valence-electron chi connectivity index (χ0n) is 18.3. The first kappa shape index (κ1) is 24.2. The lowest BCUT2D eigenvalue weighted by molar-refractivity contribution is -0.137. The van der Waals surface area contributed by atoms with Crippen LogP contribution in [-0.4, -0.2) is 36.3 Å². The Hall–Kier alpha value is -3.93. The molecule has 0 saturated carbocycles. The van der Waals surface area contributed by atoms with Crippen LogP contribution in [0, 0.1) is 0 Å². The molecular weight excluding hydrogens is 469 g/mol. The van der Waals surface area contributed by atoms with Gasteiger partial charge in [-0.3, -0.25) is 24.6 Å². The summed E-state index contributed by atoms with van der Waals surface area (Å²) in [6, 6.07) is 8.49. The van der Waals surface area contributed by atoms with Gasteiger partial charge in [-0.2, -0.15) is 13.2 Å². The van der Waals surface area contributed by atoms with Crippen molar-refractivity contribution in [2.45, 2.75) is 38.0 Å². The van der Waals surface area contributed by atoms with Gasteiger partial charge >= 0.3 is 6.18 Å². The number of benzene rings is 2. The van der Waals surface area contributed by atoms with E-state index in [2.05, 4.69) is 16.1 Å². The van der Waals surface area contributed by atoms with Gasteiger partial charge in [-0.15, -0.1) is 0 Å².